The van der Waals surface area contributed by atoms with Crippen molar-refractivity contribution >= 4 is 65.2 Å². The lowest BCUT2D eigenvalue weighted by Crippen LogP contribution is -1.83. The van der Waals surface area contributed by atoms with Crippen molar-refractivity contribution in [2.24, 2.45) is 0 Å². The fourth-order valence-corrected chi connectivity index (χ4v) is 6.12. The van der Waals surface area contributed by atoms with Crippen molar-refractivity contribution < 1.29 is 0 Å². The van der Waals surface area contributed by atoms with Crippen molar-refractivity contribution in [2.45, 2.75) is 0 Å². The molecule has 0 N–H and O–H groups in total. The van der Waals surface area contributed by atoms with Gasteiger partial charge in [0.05, 0.1) is 31.5 Å². The van der Waals surface area contributed by atoms with E-state index in [9.17, 15) is 0 Å². The highest BCUT2D eigenvalue weighted by atomic mass is 32.1. The second-order valence-electron chi connectivity index (χ2n) is 7.26. The van der Waals surface area contributed by atoms with E-state index in [2.05, 4.69) is 32.1 Å². The first-order valence-electron chi connectivity index (χ1n) is 9.95. The average molecular weight is 449 g/mol. The van der Waals surface area contributed by atoms with E-state index in [-0.39, 0.29) is 0 Å². The van der Waals surface area contributed by atoms with Gasteiger partial charge in [-0.15, -0.1) is 22.7 Å². The lowest BCUT2D eigenvalue weighted by atomic mass is 10.1. The van der Waals surface area contributed by atoms with Crippen molar-refractivity contribution in [3.8, 4) is 21.1 Å². The van der Waals surface area contributed by atoms with Crippen molar-refractivity contribution in [2.75, 3.05) is 0 Å². The molecule has 3 aromatic carbocycles. The Morgan fingerprint density at radius 3 is 1.41 bits per heavy atom. The molecule has 4 heterocycles. The van der Waals surface area contributed by atoms with Crippen LogP contribution >= 0.6 is 22.7 Å². The molecule has 0 unspecified atom stereocenters. The van der Waals surface area contributed by atoms with Gasteiger partial charge in [0.1, 0.15) is 21.0 Å². The zero-order valence-corrected chi connectivity index (χ0v) is 18.1. The smallest absolute Gasteiger partial charge is 0.125 e. The van der Waals surface area contributed by atoms with Crippen LogP contribution in [-0.2, 0) is 0 Å². The predicted molar refractivity (Wildman–Crippen MR) is 130 cm³/mol. The van der Waals surface area contributed by atoms with Gasteiger partial charge in [0.25, 0.3) is 0 Å². The molecule has 0 saturated carbocycles. The molecule has 0 spiro atoms. The first-order valence-corrected chi connectivity index (χ1v) is 11.6. The van der Waals surface area contributed by atoms with E-state index in [1.54, 1.807) is 47.5 Å². The van der Waals surface area contributed by atoms with E-state index in [0.29, 0.717) is 0 Å². The van der Waals surface area contributed by atoms with Crippen LogP contribution in [-0.4, -0.2) is 29.9 Å². The van der Waals surface area contributed by atoms with Crippen LogP contribution in [0.2, 0.25) is 0 Å². The second-order valence-corrected chi connectivity index (χ2v) is 9.26. The summed E-state index contributed by atoms with van der Waals surface area (Å²) in [6.07, 6.45) is 6.88. The average Bonchev–Trinajstić information content (AvgIpc) is 3.49. The Labute approximate surface area is 189 Å². The largest absolute Gasteiger partial charge is 0.253 e. The molecule has 0 amide bonds. The van der Waals surface area contributed by atoms with Gasteiger partial charge in [-0.25, -0.2) is 9.97 Å². The number of nitrogens with zero attached hydrogens (tertiary/aromatic N) is 6. The zero-order chi connectivity index (χ0) is 21.1. The summed E-state index contributed by atoms with van der Waals surface area (Å²) in [6.45, 7) is 0. The van der Waals surface area contributed by atoms with E-state index in [4.69, 9.17) is 9.97 Å². The molecule has 0 bridgehead atoms. The molecule has 0 saturated heterocycles. The summed E-state index contributed by atoms with van der Waals surface area (Å²) >= 11 is 3.28. The molecule has 8 heteroatoms. The Bertz CT molecular complexity index is 1670. The Morgan fingerprint density at radius 2 is 0.906 bits per heavy atom. The van der Waals surface area contributed by atoms with Gasteiger partial charge in [-0.2, -0.15) is 0 Å². The fourth-order valence-electron chi connectivity index (χ4n) is 3.92. The summed E-state index contributed by atoms with van der Waals surface area (Å²) in [5, 5.41) is 1.88. The van der Waals surface area contributed by atoms with E-state index in [0.717, 1.165) is 63.6 Å². The summed E-state index contributed by atoms with van der Waals surface area (Å²) in [6, 6.07) is 16.2. The quantitative estimate of drug-likeness (QED) is 0.317. The lowest BCUT2D eigenvalue weighted by molar-refractivity contribution is 1.30. The molecule has 32 heavy (non-hydrogen) atoms. The van der Waals surface area contributed by atoms with Crippen LogP contribution in [0.4, 0.5) is 0 Å². The molecular weight excluding hydrogens is 436 g/mol. The third-order valence-corrected chi connectivity index (χ3v) is 7.60. The number of fused-ring (bicyclic) bond motifs is 6. The van der Waals surface area contributed by atoms with Gasteiger partial charge in [0, 0.05) is 35.9 Å². The van der Waals surface area contributed by atoms with Crippen LogP contribution in [0.15, 0.2) is 73.3 Å². The van der Waals surface area contributed by atoms with Crippen LogP contribution in [0.25, 0.3) is 63.6 Å². The van der Waals surface area contributed by atoms with Crippen molar-refractivity contribution in [1.82, 2.24) is 29.9 Å². The highest BCUT2D eigenvalue weighted by Crippen LogP contribution is 2.41. The maximum Gasteiger partial charge on any atom is 0.125 e. The van der Waals surface area contributed by atoms with Gasteiger partial charge in [0.2, 0.25) is 0 Å². The molecular formula is C24H12N6S2. The lowest BCUT2D eigenvalue weighted by Gasteiger charge is -2.03. The summed E-state index contributed by atoms with van der Waals surface area (Å²) in [5.74, 6) is 0. The maximum atomic E-state index is 4.93. The molecule has 0 aliphatic carbocycles. The van der Waals surface area contributed by atoms with Gasteiger partial charge in [-0.05, 0) is 24.3 Å². The van der Waals surface area contributed by atoms with Gasteiger partial charge < -0.3 is 0 Å². The summed E-state index contributed by atoms with van der Waals surface area (Å²) < 4.78 is 2.09. The van der Waals surface area contributed by atoms with Gasteiger partial charge in [0.15, 0.2) is 0 Å². The minimum Gasteiger partial charge on any atom is -0.253 e. The third-order valence-electron chi connectivity index (χ3n) is 5.38. The number of hydrogen-bond acceptors (Lipinski definition) is 8. The molecule has 4 aromatic heterocycles. The van der Waals surface area contributed by atoms with Gasteiger partial charge in [-0.1, -0.05) is 24.3 Å². The van der Waals surface area contributed by atoms with E-state index in [1.807, 2.05) is 36.4 Å². The monoisotopic (exact) mass is 448 g/mol. The highest BCUT2D eigenvalue weighted by molar-refractivity contribution is 7.23. The predicted octanol–water partition coefficient (Wildman–Crippen LogP) is 6.13. The van der Waals surface area contributed by atoms with Crippen LogP contribution in [0.3, 0.4) is 0 Å². The first-order chi connectivity index (χ1) is 15.8. The zero-order valence-electron chi connectivity index (χ0n) is 16.4. The minimum atomic E-state index is 0.877. The van der Waals surface area contributed by atoms with E-state index >= 15 is 0 Å². The Morgan fingerprint density at radius 1 is 0.469 bits per heavy atom. The molecule has 0 aliphatic heterocycles. The Hall–Kier alpha value is -3.88. The van der Waals surface area contributed by atoms with Crippen LogP contribution in [0.1, 0.15) is 0 Å². The molecule has 0 aliphatic rings. The number of thiazole rings is 2. The van der Waals surface area contributed by atoms with Crippen LogP contribution < -0.4 is 0 Å². The molecule has 7 rings (SSSR count). The number of hydrogen-bond donors (Lipinski definition) is 0. The minimum absolute atomic E-state index is 0.877. The number of aromatic nitrogens is 6. The molecule has 7 aromatic rings. The summed E-state index contributed by atoms with van der Waals surface area (Å²) in [7, 11) is 0. The molecule has 6 nitrogen and oxygen atoms in total. The maximum absolute atomic E-state index is 4.93. The normalized spacial score (nSPS) is 11.8. The fraction of sp³-hybridized carbons (Fsp3) is 0. The SMILES string of the molecule is c1ccc(-c2nc3ccc4nccnc4c3s2)c(-c2nc3ccc4nccnc4c3s2)c1. The topological polar surface area (TPSA) is 77.3 Å². The summed E-state index contributed by atoms with van der Waals surface area (Å²) in [5.41, 5.74) is 7.50. The van der Waals surface area contributed by atoms with E-state index in [1.165, 1.54) is 0 Å². The van der Waals surface area contributed by atoms with E-state index < -0.39 is 0 Å². The van der Waals surface area contributed by atoms with Crippen LogP contribution in [0, 0.1) is 0 Å². The van der Waals surface area contributed by atoms with Gasteiger partial charge in [-0.3, -0.25) is 19.9 Å². The van der Waals surface area contributed by atoms with Crippen molar-refractivity contribution in [1.29, 1.82) is 0 Å². The first kappa shape index (κ1) is 17.8. The molecule has 150 valence electrons. The van der Waals surface area contributed by atoms with Crippen molar-refractivity contribution in [3.63, 3.8) is 0 Å². The molecule has 0 radical (unpaired) electrons. The molecule has 0 fully saturated rings. The standard InChI is InChI=1S/C24H12N6S2/c1-2-4-14(24-30-18-8-6-16-20(22(18)32-24)28-12-10-26-16)13(3-1)23-29-17-7-5-15-19(21(17)31-23)27-11-9-25-15/h1-12H. The molecule has 0 atom stereocenters. The van der Waals surface area contributed by atoms with Crippen molar-refractivity contribution in [3.05, 3.63) is 73.3 Å². The van der Waals surface area contributed by atoms with Gasteiger partial charge >= 0.3 is 0 Å². The number of rotatable bonds is 2. The highest BCUT2D eigenvalue weighted by Gasteiger charge is 2.17. The number of benzene rings is 3. The third kappa shape index (κ3) is 2.63. The Kier molecular flexibility index (Phi) is 3.78. The summed E-state index contributed by atoms with van der Waals surface area (Å²) in [4.78, 5) is 27.8. The Balaban J connectivity index is 1.45. The van der Waals surface area contributed by atoms with Crippen LogP contribution in [0.5, 0.6) is 0 Å². The second kappa shape index (κ2) is 6.81.